The van der Waals surface area contributed by atoms with Crippen LogP contribution in [0, 0.1) is 0 Å². The lowest BCUT2D eigenvalue weighted by Crippen LogP contribution is -2.07. The number of nitrogens with two attached hydrogens (primary N) is 1. The Kier molecular flexibility index (Phi) is 4.49. The number of thiol groups is 1. The van der Waals surface area contributed by atoms with Crippen molar-refractivity contribution in [1.82, 2.24) is 9.97 Å². The number of esters is 1. The maximum Gasteiger partial charge on any atom is 0.309 e. The third kappa shape index (κ3) is 3.99. The molecule has 0 saturated heterocycles. The van der Waals surface area contributed by atoms with Gasteiger partial charge in [0.1, 0.15) is 10.7 Å². The number of anilines is 1. The first kappa shape index (κ1) is 14.9. The topological polar surface area (TPSA) is 112 Å². The van der Waals surface area contributed by atoms with Gasteiger partial charge in [-0.2, -0.15) is 0 Å². The predicted molar refractivity (Wildman–Crippen MR) is 77.2 cm³/mol. The van der Waals surface area contributed by atoms with E-state index in [1.807, 2.05) is 0 Å². The molecule has 0 aliphatic carbocycles. The molecular formula is C13H13N3O4S. The smallest absolute Gasteiger partial charge is 0.309 e. The Morgan fingerprint density at radius 2 is 1.95 bits per heavy atom. The highest BCUT2D eigenvalue weighted by Gasteiger charge is 2.10. The van der Waals surface area contributed by atoms with Gasteiger partial charge in [0.15, 0.2) is 5.82 Å². The van der Waals surface area contributed by atoms with Crippen molar-refractivity contribution in [3.05, 3.63) is 36.0 Å². The second-order valence-corrected chi connectivity index (χ2v) is 5.21. The first-order chi connectivity index (χ1) is 9.95. The third-order valence-electron chi connectivity index (χ3n) is 2.57. The number of hydrogen-bond acceptors (Lipinski definition) is 7. The molecule has 0 saturated carbocycles. The molecule has 0 aliphatic heterocycles. The first-order valence-corrected chi connectivity index (χ1v) is 7.34. The molecule has 0 atom stereocenters. The van der Waals surface area contributed by atoms with E-state index in [0.717, 1.165) is 0 Å². The molecule has 7 nitrogen and oxygen atoms in total. The van der Waals surface area contributed by atoms with Crippen molar-refractivity contribution in [2.45, 2.75) is 12.7 Å². The normalized spacial score (nSPS) is 10.6. The van der Waals surface area contributed by atoms with Crippen LogP contribution in [0.4, 0.5) is 5.82 Å². The van der Waals surface area contributed by atoms with Gasteiger partial charge in [-0.05, 0) is 5.56 Å². The maximum atomic E-state index is 11.0. The van der Waals surface area contributed by atoms with E-state index in [-0.39, 0.29) is 17.5 Å². The van der Waals surface area contributed by atoms with Gasteiger partial charge >= 0.3 is 5.97 Å². The molecular weight excluding hydrogens is 294 g/mol. The lowest BCUT2D eigenvalue weighted by molar-refractivity contribution is -0.132. The largest absolute Gasteiger partial charge is 0.404 e. The highest BCUT2D eigenvalue weighted by Crippen LogP contribution is 2.23. The highest BCUT2D eigenvalue weighted by molar-refractivity contribution is 7.71. The number of nitrogens with zero attached hydrogens (tertiary/aromatic N) is 2. The zero-order valence-electron chi connectivity index (χ0n) is 11.1. The van der Waals surface area contributed by atoms with Crippen molar-refractivity contribution < 1.29 is 17.9 Å². The molecule has 2 aromatic rings. The molecule has 110 valence electrons. The summed E-state index contributed by atoms with van der Waals surface area (Å²) in [6.45, 7) is 1.24. The summed E-state index contributed by atoms with van der Waals surface area (Å²) < 4.78 is 26.2. The molecule has 0 amide bonds. The summed E-state index contributed by atoms with van der Waals surface area (Å²) in [5.74, 6) is -0.578. The van der Waals surface area contributed by atoms with Gasteiger partial charge < -0.3 is 10.5 Å². The van der Waals surface area contributed by atoms with Gasteiger partial charge in [0.25, 0.3) is 5.88 Å². The van der Waals surface area contributed by atoms with Crippen LogP contribution in [0.15, 0.2) is 30.5 Å². The minimum Gasteiger partial charge on any atom is -0.404 e. The number of aromatic nitrogens is 2. The molecule has 8 heteroatoms. The Balaban J connectivity index is 2.31. The summed E-state index contributed by atoms with van der Waals surface area (Å²) in [4.78, 5) is 19.0. The first-order valence-electron chi connectivity index (χ1n) is 5.98. The van der Waals surface area contributed by atoms with Crippen molar-refractivity contribution in [2.75, 3.05) is 5.73 Å². The van der Waals surface area contributed by atoms with E-state index in [9.17, 15) is 13.2 Å². The standard InChI is InChI=1S/C13H13N3O4S/c1-8(17)20-13-12(14)15-6-11(16-13)10-4-2-9(3-5-10)7-21(18)19/h2-6,21H,7H2,1H3,(H2,14,15). The van der Waals surface area contributed by atoms with Crippen LogP contribution in [0.3, 0.4) is 0 Å². The number of benzene rings is 1. The van der Waals surface area contributed by atoms with Gasteiger partial charge in [-0.25, -0.2) is 18.4 Å². The molecule has 2 rings (SSSR count). The van der Waals surface area contributed by atoms with E-state index in [4.69, 9.17) is 10.5 Å². The Morgan fingerprint density at radius 3 is 2.52 bits per heavy atom. The Bertz CT molecular complexity index is 734. The molecule has 21 heavy (non-hydrogen) atoms. The second kappa shape index (κ2) is 6.31. The molecule has 1 heterocycles. The van der Waals surface area contributed by atoms with Crippen molar-refractivity contribution in [3.63, 3.8) is 0 Å². The molecule has 1 aromatic heterocycles. The van der Waals surface area contributed by atoms with Crippen LogP contribution in [-0.2, 0) is 21.3 Å². The van der Waals surface area contributed by atoms with Crippen molar-refractivity contribution in [1.29, 1.82) is 0 Å². The van der Waals surface area contributed by atoms with Crippen LogP contribution >= 0.6 is 0 Å². The highest BCUT2D eigenvalue weighted by atomic mass is 32.2. The summed E-state index contributed by atoms with van der Waals surface area (Å²) in [6, 6.07) is 6.80. The quantitative estimate of drug-likeness (QED) is 0.633. The average molecular weight is 307 g/mol. The van der Waals surface area contributed by atoms with E-state index in [1.165, 1.54) is 13.1 Å². The molecule has 0 fully saturated rings. The summed E-state index contributed by atoms with van der Waals surface area (Å²) in [5, 5.41) is 0. The van der Waals surface area contributed by atoms with Crippen LogP contribution in [0.5, 0.6) is 5.88 Å². The molecule has 0 aliphatic rings. The lowest BCUT2D eigenvalue weighted by Gasteiger charge is -2.06. The number of ether oxygens (including phenoxy) is 1. The minimum absolute atomic E-state index is 0.0122. The summed E-state index contributed by atoms with van der Waals surface area (Å²) in [7, 11) is -2.46. The van der Waals surface area contributed by atoms with E-state index >= 15 is 0 Å². The Hall–Kier alpha value is -2.48. The lowest BCUT2D eigenvalue weighted by atomic mass is 10.1. The summed E-state index contributed by atoms with van der Waals surface area (Å²) in [6.07, 6.45) is 1.45. The van der Waals surface area contributed by atoms with Crippen LogP contribution in [0.1, 0.15) is 12.5 Å². The fourth-order valence-electron chi connectivity index (χ4n) is 1.66. The minimum atomic E-state index is -2.46. The van der Waals surface area contributed by atoms with Crippen LogP contribution in [0.2, 0.25) is 0 Å². The van der Waals surface area contributed by atoms with Gasteiger partial charge in [0.05, 0.1) is 17.6 Å². The van der Waals surface area contributed by atoms with Crippen molar-refractivity contribution in [3.8, 4) is 17.1 Å². The van der Waals surface area contributed by atoms with Crippen LogP contribution in [-0.4, -0.2) is 24.4 Å². The Labute approximate surface area is 122 Å². The van der Waals surface area contributed by atoms with Crippen molar-refractivity contribution >= 4 is 22.5 Å². The summed E-state index contributed by atoms with van der Waals surface area (Å²) >= 11 is 0. The third-order valence-corrected chi connectivity index (χ3v) is 3.19. The molecule has 0 bridgehead atoms. The fraction of sp³-hybridized carbons (Fsp3) is 0.154. The Morgan fingerprint density at radius 1 is 1.29 bits per heavy atom. The number of carbonyl (C=O) groups is 1. The van der Waals surface area contributed by atoms with E-state index < -0.39 is 16.7 Å². The van der Waals surface area contributed by atoms with Gasteiger partial charge in [-0.1, -0.05) is 24.3 Å². The van der Waals surface area contributed by atoms with E-state index in [1.54, 1.807) is 24.3 Å². The zero-order valence-corrected chi connectivity index (χ0v) is 12.0. The average Bonchev–Trinajstić information content (AvgIpc) is 2.41. The molecule has 2 N–H and O–H groups in total. The molecule has 0 radical (unpaired) electrons. The SMILES string of the molecule is CC(=O)Oc1nc(-c2ccc(C[SH](=O)=O)cc2)cnc1N. The van der Waals surface area contributed by atoms with Gasteiger partial charge in [-0.15, -0.1) is 0 Å². The van der Waals surface area contributed by atoms with Gasteiger partial charge in [-0.3, -0.25) is 4.79 Å². The van der Waals surface area contributed by atoms with Gasteiger partial charge in [0, 0.05) is 12.5 Å². The maximum absolute atomic E-state index is 11.0. The van der Waals surface area contributed by atoms with Crippen LogP contribution < -0.4 is 10.5 Å². The van der Waals surface area contributed by atoms with E-state index in [0.29, 0.717) is 16.8 Å². The predicted octanol–water partition coefficient (Wildman–Crippen LogP) is 0.763. The molecule has 0 unspecified atom stereocenters. The summed E-state index contributed by atoms with van der Waals surface area (Å²) in [5.41, 5.74) is 7.44. The molecule has 0 spiro atoms. The fourth-order valence-corrected chi connectivity index (χ4v) is 2.17. The molecule has 1 aromatic carbocycles. The number of hydrogen-bond donors (Lipinski definition) is 2. The van der Waals surface area contributed by atoms with Gasteiger partial charge in [0.2, 0.25) is 0 Å². The second-order valence-electron chi connectivity index (χ2n) is 4.23. The number of rotatable bonds is 4. The monoisotopic (exact) mass is 307 g/mol. The van der Waals surface area contributed by atoms with E-state index in [2.05, 4.69) is 9.97 Å². The van der Waals surface area contributed by atoms with Crippen LogP contribution in [0.25, 0.3) is 11.3 Å². The number of nitrogen functional groups attached to an aromatic ring is 1. The zero-order chi connectivity index (χ0) is 15.4. The van der Waals surface area contributed by atoms with Crippen molar-refractivity contribution in [2.24, 2.45) is 0 Å². The number of carbonyl (C=O) groups excluding carboxylic acids is 1.